The minimum atomic E-state index is -0.245. The molecule has 0 N–H and O–H groups in total. The molecule has 2 rings (SSSR count). The zero-order valence-corrected chi connectivity index (χ0v) is 7.23. The molecule has 0 bridgehead atoms. The number of aliphatic imine (C=N–C) groups is 1. The summed E-state index contributed by atoms with van der Waals surface area (Å²) < 4.78 is 5.03. The maximum absolute atomic E-state index is 11.4. The van der Waals surface area contributed by atoms with E-state index in [1.54, 1.807) is 13.2 Å². The predicted molar refractivity (Wildman–Crippen MR) is 49.3 cm³/mol. The molecule has 66 valence electrons. The van der Waals surface area contributed by atoms with Crippen LogP contribution in [0.5, 0.6) is 0 Å². The van der Waals surface area contributed by atoms with Gasteiger partial charge in [-0.1, -0.05) is 0 Å². The third-order valence-corrected chi connectivity index (χ3v) is 2.07. The summed E-state index contributed by atoms with van der Waals surface area (Å²) in [6.45, 7) is 0. The number of rotatable bonds is 1. The Kier molecular flexibility index (Phi) is 1.85. The standard InChI is InChI=1S/C10H9NO2/c1-13-7-2-3-9-8(6-7)10(12)4-5-11-9/h2-6,8H,1H3. The van der Waals surface area contributed by atoms with E-state index in [-0.39, 0.29) is 11.7 Å². The fourth-order valence-electron chi connectivity index (χ4n) is 1.36. The summed E-state index contributed by atoms with van der Waals surface area (Å²) in [5.41, 5.74) is 0.785. The van der Waals surface area contributed by atoms with E-state index in [2.05, 4.69) is 4.99 Å². The Morgan fingerprint density at radius 2 is 2.23 bits per heavy atom. The number of hydrogen-bond donors (Lipinski definition) is 0. The molecule has 0 aromatic rings. The van der Waals surface area contributed by atoms with E-state index >= 15 is 0 Å². The molecule has 0 radical (unpaired) electrons. The van der Waals surface area contributed by atoms with Gasteiger partial charge in [-0.15, -0.1) is 0 Å². The molecule has 0 saturated heterocycles. The van der Waals surface area contributed by atoms with Crippen LogP contribution in [0.2, 0.25) is 0 Å². The Balaban J connectivity index is 2.36. The summed E-state index contributed by atoms with van der Waals surface area (Å²) in [7, 11) is 1.58. The summed E-state index contributed by atoms with van der Waals surface area (Å²) >= 11 is 0. The minimum Gasteiger partial charge on any atom is -0.497 e. The van der Waals surface area contributed by atoms with E-state index in [0.29, 0.717) is 5.76 Å². The Bertz CT molecular complexity index is 361. The summed E-state index contributed by atoms with van der Waals surface area (Å²) in [6, 6.07) is 0. The molecule has 0 saturated carbocycles. The van der Waals surface area contributed by atoms with Crippen LogP contribution in [0.15, 0.2) is 41.3 Å². The molecule has 1 heterocycles. The van der Waals surface area contributed by atoms with Crippen molar-refractivity contribution in [3.63, 3.8) is 0 Å². The van der Waals surface area contributed by atoms with Gasteiger partial charge in [0, 0.05) is 12.3 Å². The van der Waals surface area contributed by atoms with Crippen LogP contribution in [-0.2, 0) is 9.53 Å². The lowest BCUT2D eigenvalue weighted by Crippen LogP contribution is -2.24. The van der Waals surface area contributed by atoms with Gasteiger partial charge in [0.25, 0.3) is 0 Å². The number of nitrogens with zero attached hydrogens (tertiary/aromatic N) is 1. The molecule has 13 heavy (non-hydrogen) atoms. The van der Waals surface area contributed by atoms with Gasteiger partial charge in [-0.3, -0.25) is 9.79 Å². The van der Waals surface area contributed by atoms with Crippen molar-refractivity contribution in [2.24, 2.45) is 10.9 Å². The molecular formula is C10H9NO2. The number of carbonyl (C=O) groups is 1. The molecule has 1 atom stereocenters. The first-order valence-corrected chi connectivity index (χ1v) is 4.03. The Morgan fingerprint density at radius 3 is 3.00 bits per heavy atom. The van der Waals surface area contributed by atoms with Gasteiger partial charge in [0.1, 0.15) is 5.76 Å². The highest BCUT2D eigenvalue weighted by Gasteiger charge is 2.23. The van der Waals surface area contributed by atoms with Gasteiger partial charge in [-0.05, 0) is 18.2 Å². The van der Waals surface area contributed by atoms with Crippen molar-refractivity contribution in [3.05, 3.63) is 36.3 Å². The van der Waals surface area contributed by atoms with Crippen molar-refractivity contribution >= 4 is 11.5 Å². The number of allylic oxidation sites excluding steroid dienone is 4. The number of ether oxygens (including phenoxy) is 1. The largest absolute Gasteiger partial charge is 0.497 e. The normalized spacial score (nSPS) is 25.0. The van der Waals surface area contributed by atoms with Crippen molar-refractivity contribution in [1.29, 1.82) is 0 Å². The van der Waals surface area contributed by atoms with Crippen LogP contribution in [-0.4, -0.2) is 18.6 Å². The van der Waals surface area contributed by atoms with E-state index in [4.69, 9.17) is 4.74 Å². The third kappa shape index (κ3) is 1.33. The minimum absolute atomic E-state index is 0.0592. The number of carbonyl (C=O) groups excluding carboxylic acids is 1. The van der Waals surface area contributed by atoms with Gasteiger partial charge in [-0.2, -0.15) is 0 Å². The van der Waals surface area contributed by atoms with Crippen LogP contribution in [0.3, 0.4) is 0 Å². The molecule has 0 spiro atoms. The summed E-state index contributed by atoms with van der Waals surface area (Å²) in [5, 5.41) is 0. The summed E-state index contributed by atoms with van der Waals surface area (Å²) in [5.74, 6) is 0.529. The molecule has 3 nitrogen and oxygen atoms in total. The van der Waals surface area contributed by atoms with Crippen LogP contribution in [0.4, 0.5) is 0 Å². The number of ketones is 1. The van der Waals surface area contributed by atoms with Gasteiger partial charge >= 0.3 is 0 Å². The zero-order chi connectivity index (χ0) is 9.26. The number of fused-ring (bicyclic) bond motifs is 1. The van der Waals surface area contributed by atoms with Crippen molar-refractivity contribution < 1.29 is 9.53 Å². The SMILES string of the molecule is COC1=CC2C(=O)C=CN=C2C=C1. The third-order valence-electron chi connectivity index (χ3n) is 2.07. The molecule has 1 aliphatic carbocycles. The van der Waals surface area contributed by atoms with Gasteiger partial charge in [0.2, 0.25) is 0 Å². The van der Waals surface area contributed by atoms with E-state index in [9.17, 15) is 4.79 Å². The van der Waals surface area contributed by atoms with Crippen molar-refractivity contribution in [1.82, 2.24) is 0 Å². The fraction of sp³-hybridized carbons (Fsp3) is 0.200. The van der Waals surface area contributed by atoms with Crippen molar-refractivity contribution in [2.75, 3.05) is 7.11 Å². The van der Waals surface area contributed by atoms with E-state index in [0.717, 1.165) is 5.71 Å². The van der Waals surface area contributed by atoms with Gasteiger partial charge < -0.3 is 4.74 Å². The topological polar surface area (TPSA) is 38.7 Å². The molecule has 0 aromatic carbocycles. The quantitative estimate of drug-likeness (QED) is 0.601. The van der Waals surface area contributed by atoms with Crippen LogP contribution in [0.1, 0.15) is 0 Å². The highest BCUT2D eigenvalue weighted by atomic mass is 16.5. The highest BCUT2D eigenvalue weighted by Crippen LogP contribution is 2.19. The van der Waals surface area contributed by atoms with E-state index in [1.165, 1.54) is 12.3 Å². The summed E-state index contributed by atoms with van der Waals surface area (Å²) in [6.07, 6.45) is 8.42. The summed E-state index contributed by atoms with van der Waals surface area (Å²) in [4.78, 5) is 15.5. The molecule has 2 aliphatic rings. The lowest BCUT2D eigenvalue weighted by molar-refractivity contribution is -0.115. The van der Waals surface area contributed by atoms with Gasteiger partial charge in [0.05, 0.1) is 18.7 Å². The second-order valence-electron chi connectivity index (χ2n) is 2.86. The molecule has 3 heteroatoms. The smallest absolute Gasteiger partial charge is 0.170 e. The average molecular weight is 175 g/mol. The van der Waals surface area contributed by atoms with Crippen molar-refractivity contribution in [2.45, 2.75) is 0 Å². The van der Waals surface area contributed by atoms with Crippen LogP contribution < -0.4 is 0 Å². The Hall–Kier alpha value is -1.64. The molecule has 0 aromatic heterocycles. The average Bonchev–Trinajstić information content (AvgIpc) is 2.18. The van der Waals surface area contributed by atoms with Crippen LogP contribution in [0, 0.1) is 5.92 Å². The first-order chi connectivity index (χ1) is 6.31. The Labute approximate surface area is 76.1 Å². The fourth-order valence-corrected chi connectivity index (χ4v) is 1.36. The first-order valence-electron chi connectivity index (χ1n) is 4.03. The molecule has 1 unspecified atom stereocenters. The Morgan fingerprint density at radius 1 is 1.38 bits per heavy atom. The highest BCUT2D eigenvalue weighted by molar-refractivity contribution is 6.17. The molecular weight excluding hydrogens is 166 g/mol. The number of hydrogen-bond acceptors (Lipinski definition) is 3. The molecule has 0 fully saturated rings. The molecule has 1 aliphatic heterocycles. The van der Waals surface area contributed by atoms with Gasteiger partial charge in [-0.25, -0.2) is 0 Å². The molecule has 0 amide bonds. The first kappa shape index (κ1) is 7.98. The van der Waals surface area contributed by atoms with E-state index < -0.39 is 0 Å². The monoisotopic (exact) mass is 175 g/mol. The van der Waals surface area contributed by atoms with Crippen LogP contribution >= 0.6 is 0 Å². The van der Waals surface area contributed by atoms with Crippen molar-refractivity contribution in [3.8, 4) is 0 Å². The second-order valence-corrected chi connectivity index (χ2v) is 2.86. The van der Waals surface area contributed by atoms with Gasteiger partial charge in [0.15, 0.2) is 5.78 Å². The van der Waals surface area contributed by atoms with E-state index in [1.807, 2.05) is 12.2 Å². The lowest BCUT2D eigenvalue weighted by Gasteiger charge is -2.17. The second kappa shape index (κ2) is 3.01. The lowest BCUT2D eigenvalue weighted by atomic mass is 9.92. The maximum Gasteiger partial charge on any atom is 0.170 e. The zero-order valence-electron chi connectivity index (χ0n) is 7.23. The maximum atomic E-state index is 11.4. The predicted octanol–water partition coefficient (Wildman–Crippen LogP) is 1.24. The van der Waals surface area contributed by atoms with Crippen LogP contribution in [0.25, 0.3) is 0 Å². The number of methoxy groups -OCH3 is 1.